The van der Waals surface area contributed by atoms with Crippen LogP contribution in [0.15, 0.2) is 41.6 Å². The molecule has 3 aromatic rings. The minimum atomic E-state index is -0.00795. The zero-order chi connectivity index (χ0) is 18.5. The maximum absolute atomic E-state index is 12.5. The molecule has 0 fully saturated rings. The van der Waals surface area contributed by atoms with Crippen molar-refractivity contribution in [3.05, 3.63) is 42.0 Å². The summed E-state index contributed by atoms with van der Waals surface area (Å²) in [7, 11) is 3.11. The van der Waals surface area contributed by atoms with Gasteiger partial charge in [0.25, 0.3) is 0 Å². The molecule has 0 atom stereocenters. The number of carbonyl (C=O) groups excluding carboxylic acids is 1. The Morgan fingerprint density at radius 1 is 1.11 bits per heavy atom. The van der Waals surface area contributed by atoms with Gasteiger partial charge in [-0.25, -0.2) is 4.98 Å². The fourth-order valence-corrected chi connectivity index (χ4v) is 3.30. The van der Waals surface area contributed by atoms with Gasteiger partial charge in [0.1, 0.15) is 5.75 Å². The van der Waals surface area contributed by atoms with Crippen LogP contribution >= 0.6 is 28.7 Å². The second-order valence-corrected chi connectivity index (χ2v) is 6.40. The van der Waals surface area contributed by atoms with Gasteiger partial charge in [0.2, 0.25) is 0 Å². The summed E-state index contributed by atoms with van der Waals surface area (Å²) >= 11 is 1.36. The molecule has 6 nitrogen and oxygen atoms in total. The molecule has 0 saturated heterocycles. The molecule has 0 aliphatic carbocycles. The van der Waals surface area contributed by atoms with Crippen LogP contribution in [0.25, 0.3) is 11.0 Å². The van der Waals surface area contributed by atoms with Crippen LogP contribution in [0.2, 0.25) is 0 Å². The minimum Gasteiger partial charge on any atom is -0.494 e. The number of nitrogens with one attached hydrogen (secondary N) is 1. The summed E-state index contributed by atoms with van der Waals surface area (Å²) < 4.78 is 15.9. The number of H-pyrrole nitrogens is 1. The second-order valence-electron chi connectivity index (χ2n) is 5.44. The number of ketones is 1. The molecule has 27 heavy (non-hydrogen) atoms. The molecule has 3 rings (SSSR count). The van der Waals surface area contributed by atoms with E-state index in [1.54, 1.807) is 32.4 Å². The number of imidazole rings is 1. The minimum absolute atomic E-state index is 0. The third kappa shape index (κ3) is 4.95. The second kappa shape index (κ2) is 9.66. The van der Waals surface area contributed by atoms with E-state index in [1.807, 2.05) is 25.1 Å². The molecule has 0 amide bonds. The molecule has 0 aliphatic rings. The standard InChI is InChI=1S/C19H20N2O4S.BrH/c1-4-25-13-6-7-14-15(10-13)21-19(20-14)26-11-16(22)12-5-8-17(23-2)18(9-12)24-3;/h5-10H,4,11H2,1-3H3,(H,20,21);1H. The molecule has 144 valence electrons. The average Bonchev–Trinajstić information content (AvgIpc) is 3.08. The summed E-state index contributed by atoms with van der Waals surface area (Å²) in [5, 5.41) is 0.697. The lowest BCUT2D eigenvalue weighted by atomic mass is 10.1. The first-order valence-corrected chi connectivity index (χ1v) is 9.13. The lowest BCUT2D eigenvalue weighted by molar-refractivity contribution is 0.102. The highest BCUT2D eigenvalue weighted by Gasteiger charge is 2.13. The topological polar surface area (TPSA) is 73.4 Å². The van der Waals surface area contributed by atoms with E-state index in [-0.39, 0.29) is 28.5 Å². The number of hydrogen-bond acceptors (Lipinski definition) is 6. The van der Waals surface area contributed by atoms with Gasteiger partial charge in [0.15, 0.2) is 22.4 Å². The molecular weight excluding hydrogens is 432 g/mol. The van der Waals surface area contributed by atoms with E-state index in [0.29, 0.717) is 28.8 Å². The van der Waals surface area contributed by atoms with Gasteiger partial charge in [-0.05, 0) is 37.3 Å². The van der Waals surface area contributed by atoms with Crippen molar-refractivity contribution in [1.82, 2.24) is 9.97 Å². The number of ether oxygens (including phenoxy) is 3. The van der Waals surface area contributed by atoms with Crippen molar-refractivity contribution < 1.29 is 19.0 Å². The SMILES string of the molecule is Br.CCOc1ccc2nc(SCC(=O)c3ccc(OC)c(OC)c3)[nH]c2c1. The van der Waals surface area contributed by atoms with Gasteiger partial charge in [-0.15, -0.1) is 17.0 Å². The number of hydrogen-bond donors (Lipinski definition) is 1. The number of rotatable bonds is 8. The highest BCUT2D eigenvalue weighted by Crippen LogP contribution is 2.29. The molecule has 0 spiro atoms. The normalized spacial score (nSPS) is 10.3. The van der Waals surface area contributed by atoms with Crippen molar-refractivity contribution in [2.24, 2.45) is 0 Å². The zero-order valence-electron chi connectivity index (χ0n) is 15.3. The number of fused-ring (bicyclic) bond motifs is 1. The molecule has 0 unspecified atom stereocenters. The Balaban J connectivity index is 0.00000261. The molecule has 1 N–H and O–H groups in total. The Kier molecular flexibility index (Phi) is 7.55. The largest absolute Gasteiger partial charge is 0.494 e. The highest BCUT2D eigenvalue weighted by atomic mass is 79.9. The predicted molar refractivity (Wildman–Crippen MR) is 112 cm³/mol. The molecule has 0 radical (unpaired) electrons. The molecule has 0 aliphatic heterocycles. The summed E-state index contributed by atoms with van der Waals surface area (Å²) in [4.78, 5) is 20.2. The van der Waals surface area contributed by atoms with Crippen LogP contribution in [0, 0.1) is 0 Å². The van der Waals surface area contributed by atoms with Gasteiger partial charge in [0.05, 0.1) is 37.6 Å². The number of methoxy groups -OCH3 is 2. The van der Waals surface area contributed by atoms with Crippen LogP contribution in [0.4, 0.5) is 0 Å². The van der Waals surface area contributed by atoms with Crippen LogP contribution in [-0.2, 0) is 0 Å². The highest BCUT2D eigenvalue weighted by molar-refractivity contribution is 8.93. The number of aromatic amines is 1. The van der Waals surface area contributed by atoms with Gasteiger partial charge in [-0.3, -0.25) is 4.79 Å². The zero-order valence-corrected chi connectivity index (χ0v) is 17.8. The third-order valence-electron chi connectivity index (χ3n) is 3.79. The molecule has 0 bridgehead atoms. The van der Waals surface area contributed by atoms with Crippen molar-refractivity contribution in [3.63, 3.8) is 0 Å². The molecule has 1 heterocycles. The van der Waals surface area contributed by atoms with Crippen molar-refractivity contribution >= 4 is 45.6 Å². The molecule has 2 aromatic carbocycles. The van der Waals surface area contributed by atoms with Crippen LogP contribution < -0.4 is 14.2 Å². The molecule has 8 heteroatoms. The fourth-order valence-electron chi connectivity index (χ4n) is 2.52. The summed E-state index contributed by atoms with van der Waals surface area (Å²) in [5.41, 5.74) is 2.30. The van der Waals surface area contributed by atoms with Crippen molar-refractivity contribution in [2.45, 2.75) is 12.1 Å². The van der Waals surface area contributed by atoms with E-state index < -0.39 is 0 Å². The quantitative estimate of drug-likeness (QED) is 0.399. The smallest absolute Gasteiger partial charge is 0.173 e. The lowest BCUT2D eigenvalue weighted by Crippen LogP contribution is -2.03. The number of benzene rings is 2. The van der Waals surface area contributed by atoms with Gasteiger partial charge in [-0.2, -0.15) is 0 Å². The van der Waals surface area contributed by atoms with E-state index in [2.05, 4.69) is 9.97 Å². The number of Topliss-reactive ketones (excluding diaryl/α,β-unsaturated/α-hetero) is 1. The number of thioether (sulfide) groups is 1. The summed E-state index contributed by atoms with van der Waals surface area (Å²) in [6.45, 7) is 2.55. The van der Waals surface area contributed by atoms with E-state index >= 15 is 0 Å². The maximum Gasteiger partial charge on any atom is 0.173 e. The fraction of sp³-hybridized carbons (Fsp3) is 0.263. The Morgan fingerprint density at radius 3 is 2.59 bits per heavy atom. The van der Waals surface area contributed by atoms with E-state index in [1.165, 1.54) is 11.8 Å². The number of carbonyl (C=O) groups is 1. The Hall–Kier alpha value is -2.19. The first kappa shape index (κ1) is 21.1. The van der Waals surface area contributed by atoms with Crippen LogP contribution in [0.1, 0.15) is 17.3 Å². The number of aromatic nitrogens is 2. The third-order valence-corrected chi connectivity index (χ3v) is 4.66. The van der Waals surface area contributed by atoms with Gasteiger partial charge in [-0.1, -0.05) is 11.8 Å². The van der Waals surface area contributed by atoms with Gasteiger partial charge in [0, 0.05) is 11.6 Å². The van der Waals surface area contributed by atoms with Crippen LogP contribution in [0.3, 0.4) is 0 Å². The summed E-state index contributed by atoms with van der Waals surface area (Å²) in [5.74, 6) is 2.19. The molecule has 1 aromatic heterocycles. The van der Waals surface area contributed by atoms with Crippen molar-refractivity contribution in [1.29, 1.82) is 0 Å². The van der Waals surface area contributed by atoms with E-state index in [4.69, 9.17) is 14.2 Å². The monoisotopic (exact) mass is 452 g/mol. The van der Waals surface area contributed by atoms with E-state index in [9.17, 15) is 4.79 Å². The molecule has 0 saturated carbocycles. The summed E-state index contributed by atoms with van der Waals surface area (Å²) in [6, 6.07) is 10.8. The Labute approximate surface area is 172 Å². The van der Waals surface area contributed by atoms with Gasteiger partial charge < -0.3 is 19.2 Å². The van der Waals surface area contributed by atoms with E-state index in [0.717, 1.165) is 16.8 Å². The van der Waals surface area contributed by atoms with Crippen LogP contribution in [0.5, 0.6) is 17.2 Å². The van der Waals surface area contributed by atoms with Crippen molar-refractivity contribution in [2.75, 3.05) is 26.6 Å². The molecular formula is C19H21BrN2O4S. The van der Waals surface area contributed by atoms with Crippen LogP contribution in [-0.4, -0.2) is 42.3 Å². The van der Waals surface area contributed by atoms with Crippen molar-refractivity contribution in [3.8, 4) is 17.2 Å². The van der Waals surface area contributed by atoms with Gasteiger partial charge >= 0.3 is 0 Å². The predicted octanol–water partition coefficient (Wildman–Crippen LogP) is 4.53. The summed E-state index contributed by atoms with van der Waals surface area (Å²) in [6.07, 6.45) is 0. The Bertz CT molecular complexity index is 929. The first-order chi connectivity index (χ1) is 12.6. The lowest BCUT2D eigenvalue weighted by Gasteiger charge is -2.08. The first-order valence-electron chi connectivity index (χ1n) is 8.15. The number of halogens is 1. The number of nitrogens with zero attached hydrogens (tertiary/aromatic N) is 1. The maximum atomic E-state index is 12.5. The average molecular weight is 453 g/mol. The Morgan fingerprint density at radius 2 is 1.89 bits per heavy atom.